The molecular formula is C30H25NO5. The van der Waals surface area contributed by atoms with Crippen LogP contribution in [-0.4, -0.2) is 34.9 Å². The summed E-state index contributed by atoms with van der Waals surface area (Å²) in [5.74, 6) is -1.18. The molecule has 0 heterocycles. The highest BCUT2D eigenvalue weighted by Gasteiger charge is 2.30. The van der Waals surface area contributed by atoms with Crippen molar-refractivity contribution in [1.82, 2.24) is 5.32 Å². The zero-order valence-electron chi connectivity index (χ0n) is 19.4. The average Bonchev–Trinajstić information content (AvgIpc) is 3.22. The van der Waals surface area contributed by atoms with E-state index < -0.39 is 18.1 Å². The van der Waals surface area contributed by atoms with E-state index in [0.717, 1.165) is 27.8 Å². The highest BCUT2D eigenvalue weighted by Crippen LogP contribution is 2.44. The van der Waals surface area contributed by atoms with Gasteiger partial charge in [-0.2, -0.15) is 0 Å². The lowest BCUT2D eigenvalue weighted by atomic mass is 9.98. The first-order valence-corrected chi connectivity index (χ1v) is 11.7. The first kappa shape index (κ1) is 23.2. The van der Waals surface area contributed by atoms with E-state index in [2.05, 4.69) is 17.4 Å². The molecule has 6 heteroatoms. The molecule has 1 atom stereocenters. The molecule has 4 aromatic rings. The van der Waals surface area contributed by atoms with Crippen LogP contribution in [0.2, 0.25) is 0 Å². The maximum absolute atomic E-state index is 12.6. The molecule has 0 saturated heterocycles. The Morgan fingerprint density at radius 3 is 2.06 bits per heavy atom. The number of carboxylic acids is 1. The van der Waals surface area contributed by atoms with E-state index >= 15 is 0 Å². The molecule has 0 spiro atoms. The molecule has 4 aromatic carbocycles. The summed E-state index contributed by atoms with van der Waals surface area (Å²) in [6.07, 6.45) is -0.744. The number of nitrogens with one attached hydrogen (secondary N) is 1. The molecule has 0 aromatic heterocycles. The Morgan fingerprint density at radius 1 is 0.806 bits per heavy atom. The lowest BCUT2D eigenvalue weighted by molar-refractivity contribution is -0.139. The van der Waals surface area contributed by atoms with Crippen LogP contribution in [0.25, 0.3) is 22.3 Å². The summed E-state index contributed by atoms with van der Waals surface area (Å²) in [7, 11) is 0. The third-order valence-electron chi connectivity index (χ3n) is 6.52. The van der Waals surface area contributed by atoms with Crippen LogP contribution >= 0.6 is 0 Å². The molecule has 6 nitrogen and oxygen atoms in total. The molecule has 0 radical (unpaired) electrons. The smallest absolute Gasteiger partial charge is 0.407 e. The second-order valence-corrected chi connectivity index (χ2v) is 8.78. The first-order chi connectivity index (χ1) is 17.5. The van der Waals surface area contributed by atoms with E-state index in [-0.39, 0.29) is 24.7 Å². The molecule has 3 N–H and O–H groups in total. The average molecular weight is 480 g/mol. The number of carboxylic acid groups (broad SMARTS) is 1. The van der Waals surface area contributed by atoms with Crippen molar-refractivity contribution >= 4 is 12.1 Å². The molecule has 0 unspecified atom stereocenters. The van der Waals surface area contributed by atoms with Crippen molar-refractivity contribution in [2.24, 2.45) is 0 Å². The molecule has 0 bridgehead atoms. The van der Waals surface area contributed by atoms with Crippen LogP contribution in [0, 0.1) is 0 Å². The van der Waals surface area contributed by atoms with Gasteiger partial charge >= 0.3 is 12.1 Å². The fourth-order valence-corrected chi connectivity index (χ4v) is 4.78. The van der Waals surface area contributed by atoms with Crippen LogP contribution < -0.4 is 5.32 Å². The van der Waals surface area contributed by atoms with Gasteiger partial charge in [0.25, 0.3) is 0 Å². The monoisotopic (exact) mass is 479 g/mol. The SMILES string of the molecule is O=C(N[C@H](Cc1ccc(O)c(-c2ccccc2)c1)C(=O)O)OCC1c2ccccc2-c2ccccc21. The molecular weight excluding hydrogens is 454 g/mol. The number of aliphatic carboxylic acids is 1. The van der Waals surface area contributed by atoms with Crippen molar-refractivity contribution in [2.45, 2.75) is 18.4 Å². The van der Waals surface area contributed by atoms with Gasteiger partial charge in [-0.1, -0.05) is 84.9 Å². The van der Waals surface area contributed by atoms with Gasteiger partial charge in [-0.15, -0.1) is 0 Å². The minimum Gasteiger partial charge on any atom is -0.507 e. The Labute approximate surface area is 208 Å². The van der Waals surface area contributed by atoms with Gasteiger partial charge in [0.15, 0.2) is 0 Å². The number of amides is 1. The minimum absolute atomic E-state index is 0.0413. The van der Waals surface area contributed by atoms with Crippen LogP contribution in [0.3, 0.4) is 0 Å². The van der Waals surface area contributed by atoms with Gasteiger partial charge in [0.2, 0.25) is 0 Å². The van der Waals surface area contributed by atoms with Gasteiger partial charge in [-0.3, -0.25) is 0 Å². The predicted molar refractivity (Wildman–Crippen MR) is 137 cm³/mol. The molecule has 0 aliphatic heterocycles. The number of phenols is 1. The van der Waals surface area contributed by atoms with Gasteiger partial charge in [0.1, 0.15) is 18.4 Å². The summed E-state index contributed by atoms with van der Waals surface area (Å²) < 4.78 is 5.52. The van der Waals surface area contributed by atoms with E-state index in [0.29, 0.717) is 11.1 Å². The highest BCUT2D eigenvalue weighted by atomic mass is 16.5. The van der Waals surface area contributed by atoms with Gasteiger partial charge in [-0.25, -0.2) is 9.59 Å². The molecule has 1 aliphatic carbocycles. The third-order valence-corrected chi connectivity index (χ3v) is 6.52. The third kappa shape index (κ3) is 4.66. The summed E-state index contributed by atoms with van der Waals surface area (Å²) in [6, 6.07) is 29.1. The van der Waals surface area contributed by atoms with Crippen molar-refractivity contribution < 1.29 is 24.5 Å². The van der Waals surface area contributed by atoms with Gasteiger partial charge in [0, 0.05) is 17.9 Å². The summed E-state index contributed by atoms with van der Waals surface area (Å²) in [6.45, 7) is 0.101. The van der Waals surface area contributed by atoms with Gasteiger partial charge in [0.05, 0.1) is 0 Å². The van der Waals surface area contributed by atoms with Crippen molar-refractivity contribution in [3.8, 4) is 28.0 Å². The lowest BCUT2D eigenvalue weighted by Crippen LogP contribution is -2.42. The normalized spacial score (nSPS) is 12.9. The van der Waals surface area contributed by atoms with Crippen LogP contribution in [0.4, 0.5) is 4.79 Å². The minimum atomic E-state index is -1.19. The van der Waals surface area contributed by atoms with E-state index in [9.17, 15) is 19.8 Å². The zero-order valence-corrected chi connectivity index (χ0v) is 19.4. The second-order valence-electron chi connectivity index (χ2n) is 8.78. The fourth-order valence-electron chi connectivity index (χ4n) is 4.78. The summed E-state index contributed by atoms with van der Waals surface area (Å²) >= 11 is 0. The maximum atomic E-state index is 12.6. The number of carbonyl (C=O) groups is 2. The topological polar surface area (TPSA) is 95.9 Å². The lowest BCUT2D eigenvalue weighted by Gasteiger charge is -2.18. The number of alkyl carbamates (subject to hydrolysis) is 1. The molecule has 180 valence electrons. The maximum Gasteiger partial charge on any atom is 0.407 e. The number of rotatable bonds is 7. The van der Waals surface area contributed by atoms with Crippen molar-refractivity contribution in [3.05, 3.63) is 114 Å². The number of benzene rings is 4. The van der Waals surface area contributed by atoms with Crippen LogP contribution in [0.15, 0.2) is 97.1 Å². The molecule has 1 aliphatic rings. The van der Waals surface area contributed by atoms with Gasteiger partial charge < -0.3 is 20.3 Å². The van der Waals surface area contributed by atoms with Crippen LogP contribution in [-0.2, 0) is 16.0 Å². The number of aromatic hydroxyl groups is 1. The van der Waals surface area contributed by atoms with Crippen LogP contribution in [0.1, 0.15) is 22.6 Å². The number of hydrogen-bond donors (Lipinski definition) is 3. The first-order valence-electron chi connectivity index (χ1n) is 11.7. The Bertz CT molecular complexity index is 1370. The summed E-state index contributed by atoms with van der Waals surface area (Å²) in [5, 5.41) is 22.5. The van der Waals surface area contributed by atoms with E-state index in [1.54, 1.807) is 12.1 Å². The molecule has 5 rings (SSSR count). The summed E-state index contributed by atoms with van der Waals surface area (Å²) in [4.78, 5) is 24.6. The Hall–Kier alpha value is -4.58. The number of fused-ring (bicyclic) bond motifs is 3. The molecule has 36 heavy (non-hydrogen) atoms. The van der Waals surface area contributed by atoms with E-state index in [4.69, 9.17) is 4.74 Å². The Kier molecular flexibility index (Phi) is 6.41. The molecule has 0 fully saturated rings. The predicted octanol–water partition coefficient (Wildman–Crippen LogP) is 5.59. The quantitative estimate of drug-likeness (QED) is 0.321. The highest BCUT2D eigenvalue weighted by molar-refractivity contribution is 5.81. The van der Waals surface area contributed by atoms with Crippen molar-refractivity contribution in [2.75, 3.05) is 6.61 Å². The zero-order chi connectivity index (χ0) is 25.1. The molecule has 1 amide bonds. The van der Waals surface area contributed by atoms with Crippen molar-refractivity contribution in [3.63, 3.8) is 0 Å². The van der Waals surface area contributed by atoms with Gasteiger partial charge in [-0.05, 0) is 45.5 Å². The standard InChI is InChI=1S/C30H25NO5/c32-28-15-14-19(16-25(28)20-8-2-1-3-9-20)17-27(29(33)34)31-30(35)36-18-26-23-12-6-4-10-21(23)22-11-5-7-13-24(22)26/h1-16,26-27,32H,17-18H2,(H,31,35)(H,33,34)/t27-/m1/s1. The van der Waals surface area contributed by atoms with Crippen molar-refractivity contribution in [1.29, 1.82) is 0 Å². The fraction of sp³-hybridized carbons (Fsp3) is 0.133. The van der Waals surface area contributed by atoms with E-state index in [1.165, 1.54) is 6.07 Å². The molecule has 0 saturated carbocycles. The Morgan fingerprint density at radius 2 is 1.42 bits per heavy atom. The Balaban J connectivity index is 1.27. The number of ether oxygens (including phenoxy) is 1. The second kappa shape index (κ2) is 9.96. The largest absolute Gasteiger partial charge is 0.507 e. The number of phenolic OH excluding ortho intramolecular Hbond substituents is 1. The number of carbonyl (C=O) groups excluding carboxylic acids is 1. The van der Waals surface area contributed by atoms with E-state index in [1.807, 2.05) is 66.7 Å². The summed E-state index contributed by atoms with van der Waals surface area (Å²) in [5.41, 5.74) is 6.47. The van der Waals surface area contributed by atoms with Crippen LogP contribution in [0.5, 0.6) is 5.75 Å². The number of hydrogen-bond acceptors (Lipinski definition) is 4.